The van der Waals surface area contributed by atoms with Crippen molar-refractivity contribution in [1.29, 1.82) is 0 Å². The first-order valence-corrected chi connectivity index (χ1v) is 6.83. The Bertz CT molecular complexity index is 620. The molecule has 0 aliphatic heterocycles. The van der Waals surface area contributed by atoms with Gasteiger partial charge in [-0.05, 0) is 17.7 Å². The fraction of sp³-hybridized carbons (Fsp3) is 0.200. The standard InChI is InChI=1S/C15H15ClN2O3/c16-13-6-7-14(18(20)21)15(10-13)17(8-9-19)11-12-4-2-1-3-5-12/h1-7,10,19H,8-9,11H2. The lowest BCUT2D eigenvalue weighted by Crippen LogP contribution is -2.26. The van der Waals surface area contributed by atoms with Gasteiger partial charge in [-0.2, -0.15) is 0 Å². The molecule has 0 amide bonds. The lowest BCUT2D eigenvalue weighted by molar-refractivity contribution is -0.384. The lowest BCUT2D eigenvalue weighted by atomic mass is 10.2. The molecule has 5 nitrogen and oxygen atoms in total. The molecule has 0 radical (unpaired) electrons. The average Bonchev–Trinajstić information content (AvgIpc) is 2.47. The molecular weight excluding hydrogens is 292 g/mol. The number of aliphatic hydroxyl groups excluding tert-OH is 1. The Morgan fingerprint density at radius 2 is 1.90 bits per heavy atom. The molecule has 1 N–H and O–H groups in total. The van der Waals surface area contributed by atoms with E-state index >= 15 is 0 Å². The van der Waals surface area contributed by atoms with Crippen LogP contribution in [0.4, 0.5) is 11.4 Å². The number of hydrogen-bond donors (Lipinski definition) is 1. The third-order valence-corrected chi connectivity index (χ3v) is 3.30. The highest BCUT2D eigenvalue weighted by atomic mass is 35.5. The largest absolute Gasteiger partial charge is 0.395 e. The van der Waals surface area contributed by atoms with Crippen LogP contribution >= 0.6 is 11.6 Å². The molecule has 110 valence electrons. The third kappa shape index (κ3) is 3.93. The van der Waals surface area contributed by atoms with Crippen LogP contribution in [-0.2, 0) is 6.54 Å². The second-order valence-electron chi connectivity index (χ2n) is 4.52. The second kappa shape index (κ2) is 7.06. The monoisotopic (exact) mass is 306 g/mol. The van der Waals surface area contributed by atoms with E-state index in [1.807, 2.05) is 30.3 Å². The van der Waals surface area contributed by atoms with Crippen LogP contribution in [0, 0.1) is 10.1 Å². The molecule has 0 fully saturated rings. The molecule has 21 heavy (non-hydrogen) atoms. The van der Waals surface area contributed by atoms with E-state index in [1.54, 1.807) is 11.0 Å². The summed E-state index contributed by atoms with van der Waals surface area (Å²) in [6, 6.07) is 14.0. The van der Waals surface area contributed by atoms with E-state index < -0.39 is 4.92 Å². The van der Waals surface area contributed by atoms with Crippen molar-refractivity contribution < 1.29 is 10.0 Å². The number of nitrogens with zero attached hydrogens (tertiary/aromatic N) is 2. The molecule has 2 aromatic carbocycles. The SMILES string of the molecule is O=[N+]([O-])c1ccc(Cl)cc1N(CCO)Cc1ccccc1. The van der Waals surface area contributed by atoms with Gasteiger partial charge in [0.2, 0.25) is 0 Å². The summed E-state index contributed by atoms with van der Waals surface area (Å²) in [4.78, 5) is 12.5. The maximum atomic E-state index is 11.2. The Balaban J connectivity index is 2.37. The predicted octanol–water partition coefficient (Wildman–Crippen LogP) is 3.25. The smallest absolute Gasteiger partial charge is 0.292 e. The van der Waals surface area contributed by atoms with Gasteiger partial charge >= 0.3 is 0 Å². The fourth-order valence-corrected chi connectivity index (χ4v) is 2.28. The van der Waals surface area contributed by atoms with Crippen LogP contribution in [0.3, 0.4) is 0 Å². The van der Waals surface area contributed by atoms with Crippen LogP contribution < -0.4 is 4.90 Å². The molecule has 0 aromatic heterocycles. The Morgan fingerprint density at radius 3 is 2.52 bits per heavy atom. The van der Waals surface area contributed by atoms with E-state index in [-0.39, 0.29) is 18.8 Å². The summed E-state index contributed by atoms with van der Waals surface area (Å²) in [5.41, 5.74) is 1.38. The van der Waals surface area contributed by atoms with Gasteiger partial charge in [-0.1, -0.05) is 41.9 Å². The molecule has 0 spiro atoms. The number of anilines is 1. The summed E-state index contributed by atoms with van der Waals surface area (Å²) >= 11 is 5.96. The number of benzene rings is 2. The van der Waals surface area contributed by atoms with Gasteiger partial charge in [0, 0.05) is 24.2 Å². The zero-order valence-electron chi connectivity index (χ0n) is 11.3. The second-order valence-corrected chi connectivity index (χ2v) is 4.96. The molecule has 0 bridgehead atoms. The highest BCUT2D eigenvalue weighted by molar-refractivity contribution is 6.31. The highest BCUT2D eigenvalue weighted by Crippen LogP contribution is 2.31. The van der Waals surface area contributed by atoms with Crippen molar-refractivity contribution in [3.63, 3.8) is 0 Å². The van der Waals surface area contributed by atoms with Gasteiger partial charge in [-0.25, -0.2) is 0 Å². The van der Waals surface area contributed by atoms with E-state index in [0.29, 0.717) is 17.3 Å². The van der Waals surface area contributed by atoms with Gasteiger partial charge in [0.05, 0.1) is 11.5 Å². The topological polar surface area (TPSA) is 66.6 Å². The van der Waals surface area contributed by atoms with Crippen LogP contribution in [-0.4, -0.2) is 23.2 Å². The van der Waals surface area contributed by atoms with Gasteiger partial charge in [-0.15, -0.1) is 0 Å². The first-order chi connectivity index (χ1) is 10.1. The number of aliphatic hydroxyl groups is 1. The van der Waals surface area contributed by atoms with Gasteiger partial charge in [0.1, 0.15) is 5.69 Å². The van der Waals surface area contributed by atoms with Crippen molar-refractivity contribution in [2.45, 2.75) is 6.54 Å². The molecule has 2 rings (SSSR count). The van der Waals surface area contributed by atoms with Crippen molar-refractivity contribution in [2.75, 3.05) is 18.1 Å². The van der Waals surface area contributed by atoms with Crippen LogP contribution in [0.15, 0.2) is 48.5 Å². The normalized spacial score (nSPS) is 10.4. The van der Waals surface area contributed by atoms with Crippen molar-refractivity contribution >= 4 is 23.0 Å². The lowest BCUT2D eigenvalue weighted by Gasteiger charge is -2.24. The summed E-state index contributed by atoms with van der Waals surface area (Å²) in [6.07, 6.45) is 0. The number of hydrogen-bond acceptors (Lipinski definition) is 4. The minimum Gasteiger partial charge on any atom is -0.395 e. The Hall–Kier alpha value is -2.11. The maximum Gasteiger partial charge on any atom is 0.292 e. The zero-order chi connectivity index (χ0) is 15.2. The van der Waals surface area contributed by atoms with Crippen LogP contribution in [0.5, 0.6) is 0 Å². The minimum absolute atomic E-state index is 0.0243. The van der Waals surface area contributed by atoms with E-state index in [1.165, 1.54) is 12.1 Å². The zero-order valence-corrected chi connectivity index (χ0v) is 12.0. The van der Waals surface area contributed by atoms with Gasteiger partial charge in [0.25, 0.3) is 5.69 Å². The van der Waals surface area contributed by atoms with E-state index in [0.717, 1.165) is 5.56 Å². The van der Waals surface area contributed by atoms with Crippen LogP contribution in [0.2, 0.25) is 5.02 Å². The third-order valence-electron chi connectivity index (χ3n) is 3.06. The van der Waals surface area contributed by atoms with Gasteiger partial charge < -0.3 is 10.0 Å². The quantitative estimate of drug-likeness (QED) is 0.657. The summed E-state index contributed by atoms with van der Waals surface area (Å²) in [6.45, 7) is 0.648. The summed E-state index contributed by atoms with van der Waals surface area (Å²) in [5, 5.41) is 20.8. The van der Waals surface area contributed by atoms with E-state index in [9.17, 15) is 15.2 Å². The molecule has 0 atom stereocenters. The molecule has 0 heterocycles. The van der Waals surface area contributed by atoms with Crippen molar-refractivity contribution in [2.24, 2.45) is 0 Å². The summed E-state index contributed by atoms with van der Waals surface area (Å²) in [7, 11) is 0. The number of nitro benzene ring substituents is 1. The summed E-state index contributed by atoms with van der Waals surface area (Å²) in [5.74, 6) is 0. The first-order valence-electron chi connectivity index (χ1n) is 6.45. The molecular formula is C15H15ClN2O3. The average molecular weight is 307 g/mol. The minimum atomic E-state index is -0.443. The fourth-order valence-electron chi connectivity index (χ4n) is 2.11. The van der Waals surface area contributed by atoms with Gasteiger partial charge in [-0.3, -0.25) is 10.1 Å². The Labute approximate surface area is 127 Å². The van der Waals surface area contributed by atoms with Crippen molar-refractivity contribution in [1.82, 2.24) is 0 Å². The molecule has 0 saturated carbocycles. The first kappa shape index (κ1) is 15.3. The maximum absolute atomic E-state index is 11.2. The predicted molar refractivity (Wildman–Crippen MR) is 82.7 cm³/mol. The molecule has 0 aliphatic carbocycles. The van der Waals surface area contributed by atoms with Crippen LogP contribution in [0.25, 0.3) is 0 Å². The van der Waals surface area contributed by atoms with E-state index in [2.05, 4.69) is 0 Å². The molecule has 0 unspecified atom stereocenters. The molecule has 6 heteroatoms. The molecule has 2 aromatic rings. The van der Waals surface area contributed by atoms with Crippen molar-refractivity contribution in [3.8, 4) is 0 Å². The number of halogens is 1. The molecule has 0 aliphatic rings. The van der Waals surface area contributed by atoms with E-state index in [4.69, 9.17) is 11.6 Å². The number of rotatable bonds is 6. The Morgan fingerprint density at radius 1 is 1.19 bits per heavy atom. The molecule has 0 saturated heterocycles. The highest BCUT2D eigenvalue weighted by Gasteiger charge is 2.19. The van der Waals surface area contributed by atoms with Crippen LogP contribution in [0.1, 0.15) is 5.56 Å². The van der Waals surface area contributed by atoms with Crippen molar-refractivity contribution in [3.05, 3.63) is 69.2 Å². The summed E-state index contributed by atoms with van der Waals surface area (Å²) < 4.78 is 0. The number of nitro groups is 1. The van der Waals surface area contributed by atoms with Gasteiger partial charge in [0.15, 0.2) is 0 Å². The Kier molecular flexibility index (Phi) is 5.14.